The number of nitrogens with two attached hydrogens (primary N) is 1. The first-order valence-corrected chi connectivity index (χ1v) is 6.77. The number of rotatable bonds is 6. The average molecular weight is 314 g/mol. The molecule has 0 bridgehead atoms. The van der Waals surface area contributed by atoms with Gasteiger partial charge in [-0.05, 0) is 32.0 Å². The molecule has 1 aromatic rings. The van der Waals surface area contributed by atoms with Crippen LogP contribution in [0, 0.1) is 0 Å². The van der Waals surface area contributed by atoms with Gasteiger partial charge in [-0.25, -0.2) is 5.84 Å². The molecule has 0 heterocycles. The van der Waals surface area contributed by atoms with Crippen LogP contribution in [0.5, 0.6) is 0 Å². The Morgan fingerprint density at radius 2 is 2.17 bits per heavy atom. The Bertz CT molecular complexity index is 398. The van der Waals surface area contributed by atoms with E-state index in [0.717, 1.165) is 17.4 Å². The predicted molar refractivity (Wildman–Crippen MR) is 76.6 cm³/mol. The van der Waals surface area contributed by atoms with Gasteiger partial charge in [0, 0.05) is 23.5 Å². The summed E-state index contributed by atoms with van der Waals surface area (Å²) in [6, 6.07) is 8.49. The summed E-state index contributed by atoms with van der Waals surface area (Å²) in [5.41, 5.74) is 3.40. The smallest absolute Gasteiger partial charge is 0.233 e. The number of amides is 1. The normalized spacial score (nSPS) is 12.5. The van der Waals surface area contributed by atoms with Gasteiger partial charge >= 0.3 is 0 Å². The van der Waals surface area contributed by atoms with Crippen LogP contribution in [-0.2, 0) is 11.3 Å². The van der Waals surface area contributed by atoms with Crippen molar-refractivity contribution in [2.24, 2.45) is 5.84 Å². The molecule has 18 heavy (non-hydrogen) atoms. The minimum atomic E-state index is -0.115. The maximum Gasteiger partial charge on any atom is 0.233 e. The van der Waals surface area contributed by atoms with Crippen LogP contribution in [-0.4, -0.2) is 23.9 Å². The second-order valence-electron chi connectivity index (χ2n) is 4.46. The lowest BCUT2D eigenvalue weighted by atomic mass is 10.1. The molecule has 1 aromatic carbocycles. The number of hydrogen-bond acceptors (Lipinski definition) is 3. The molecule has 0 radical (unpaired) electrons. The molecule has 0 aromatic heterocycles. The van der Waals surface area contributed by atoms with E-state index in [1.54, 1.807) is 0 Å². The molecule has 4 nitrogen and oxygen atoms in total. The Morgan fingerprint density at radius 1 is 1.50 bits per heavy atom. The highest BCUT2D eigenvalue weighted by Crippen LogP contribution is 2.18. The monoisotopic (exact) mass is 313 g/mol. The number of benzene rings is 1. The first-order chi connectivity index (χ1) is 8.54. The van der Waals surface area contributed by atoms with E-state index < -0.39 is 0 Å². The SMILES string of the molecule is CC(CCC(=O)NN)N(C)Cc1ccccc1Br. The van der Waals surface area contributed by atoms with Crippen molar-refractivity contribution in [3.05, 3.63) is 34.3 Å². The van der Waals surface area contributed by atoms with Gasteiger partial charge in [0.15, 0.2) is 0 Å². The fraction of sp³-hybridized carbons (Fsp3) is 0.462. The molecular weight excluding hydrogens is 294 g/mol. The first-order valence-electron chi connectivity index (χ1n) is 5.97. The largest absolute Gasteiger partial charge is 0.299 e. The molecule has 1 atom stereocenters. The van der Waals surface area contributed by atoms with Gasteiger partial charge in [0.25, 0.3) is 0 Å². The molecule has 0 aliphatic heterocycles. The molecular formula is C13H20BrN3O. The lowest BCUT2D eigenvalue weighted by Gasteiger charge is -2.25. The van der Waals surface area contributed by atoms with Crippen LogP contribution in [0.2, 0.25) is 0 Å². The van der Waals surface area contributed by atoms with Gasteiger partial charge < -0.3 is 0 Å². The predicted octanol–water partition coefficient (Wildman–Crippen LogP) is 2.04. The molecule has 0 saturated carbocycles. The quantitative estimate of drug-likeness (QED) is 0.480. The standard InChI is InChI=1S/C13H20BrN3O/c1-10(7-8-13(18)16-15)17(2)9-11-5-3-4-6-12(11)14/h3-6,10H,7-9,15H2,1-2H3,(H,16,18). The van der Waals surface area contributed by atoms with E-state index in [1.165, 1.54) is 5.56 Å². The molecule has 3 N–H and O–H groups in total. The van der Waals surface area contributed by atoms with Gasteiger partial charge in [-0.1, -0.05) is 34.1 Å². The topological polar surface area (TPSA) is 58.4 Å². The van der Waals surface area contributed by atoms with Gasteiger partial charge in [0.1, 0.15) is 0 Å². The van der Waals surface area contributed by atoms with Gasteiger partial charge in [0.05, 0.1) is 0 Å². The van der Waals surface area contributed by atoms with Crippen LogP contribution >= 0.6 is 15.9 Å². The summed E-state index contributed by atoms with van der Waals surface area (Å²) < 4.78 is 1.11. The van der Waals surface area contributed by atoms with Gasteiger partial charge in [-0.2, -0.15) is 0 Å². The fourth-order valence-electron chi connectivity index (χ4n) is 1.68. The number of carbonyl (C=O) groups is 1. The van der Waals surface area contributed by atoms with Crippen molar-refractivity contribution < 1.29 is 4.79 Å². The summed E-state index contributed by atoms with van der Waals surface area (Å²) in [4.78, 5) is 13.3. The minimum absolute atomic E-state index is 0.115. The Labute approximate surface area is 117 Å². The van der Waals surface area contributed by atoms with Crippen LogP contribution in [0.1, 0.15) is 25.3 Å². The third-order valence-electron chi connectivity index (χ3n) is 3.08. The Balaban J connectivity index is 2.47. The molecule has 0 fully saturated rings. The highest BCUT2D eigenvalue weighted by atomic mass is 79.9. The second kappa shape index (κ2) is 7.51. The summed E-state index contributed by atoms with van der Waals surface area (Å²) >= 11 is 3.54. The van der Waals surface area contributed by atoms with E-state index in [-0.39, 0.29) is 5.91 Å². The third-order valence-corrected chi connectivity index (χ3v) is 3.85. The van der Waals surface area contributed by atoms with Crippen molar-refractivity contribution in [2.45, 2.75) is 32.4 Å². The summed E-state index contributed by atoms with van der Waals surface area (Å²) in [6.45, 7) is 2.97. The number of carbonyl (C=O) groups excluding carboxylic acids is 1. The number of halogens is 1. The summed E-state index contributed by atoms with van der Waals surface area (Å²) in [5.74, 6) is 4.94. The Morgan fingerprint density at radius 3 is 2.78 bits per heavy atom. The number of hydrazine groups is 1. The van der Waals surface area contributed by atoms with Gasteiger partial charge in [-0.3, -0.25) is 15.1 Å². The molecule has 1 unspecified atom stereocenters. The van der Waals surface area contributed by atoms with Crippen LogP contribution < -0.4 is 11.3 Å². The highest BCUT2D eigenvalue weighted by Gasteiger charge is 2.12. The molecule has 100 valence electrons. The lowest BCUT2D eigenvalue weighted by Crippen LogP contribution is -2.33. The van der Waals surface area contributed by atoms with Crippen LogP contribution in [0.15, 0.2) is 28.7 Å². The lowest BCUT2D eigenvalue weighted by molar-refractivity contribution is -0.121. The molecule has 5 heteroatoms. The highest BCUT2D eigenvalue weighted by molar-refractivity contribution is 9.10. The zero-order chi connectivity index (χ0) is 13.5. The summed E-state index contributed by atoms with van der Waals surface area (Å²) in [5, 5.41) is 0. The maximum absolute atomic E-state index is 11.1. The van der Waals surface area contributed by atoms with Gasteiger partial charge in [-0.15, -0.1) is 0 Å². The maximum atomic E-state index is 11.1. The number of nitrogens with zero attached hydrogens (tertiary/aromatic N) is 1. The molecule has 0 aliphatic carbocycles. The Hall–Kier alpha value is -0.910. The summed E-state index contributed by atoms with van der Waals surface area (Å²) in [6.07, 6.45) is 1.25. The fourth-order valence-corrected chi connectivity index (χ4v) is 2.09. The van der Waals surface area contributed by atoms with Crippen LogP contribution in [0.3, 0.4) is 0 Å². The van der Waals surface area contributed by atoms with E-state index in [1.807, 2.05) is 18.2 Å². The number of hydrogen-bond donors (Lipinski definition) is 2. The van der Waals surface area contributed by atoms with E-state index in [0.29, 0.717) is 12.5 Å². The van der Waals surface area contributed by atoms with E-state index in [2.05, 4.69) is 46.3 Å². The molecule has 0 spiro atoms. The van der Waals surface area contributed by atoms with Gasteiger partial charge in [0.2, 0.25) is 5.91 Å². The van der Waals surface area contributed by atoms with Crippen molar-refractivity contribution in [3.63, 3.8) is 0 Å². The zero-order valence-electron chi connectivity index (χ0n) is 10.8. The van der Waals surface area contributed by atoms with Crippen molar-refractivity contribution in [2.75, 3.05) is 7.05 Å². The van der Waals surface area contributed by atoms with E-state index in [4.69, 9.17) is 5.84 Å². The average Bonchev–Trinajstić information content (AvgIpc) is 2.38. The first kappa shape index (κ1) is 15.1. The molecule has 1 amide bonds. The summed E-state index contributed by atoms with van der Waals surface area (Å²) in [7, 11) is 2.06. The van der Waals surface area contributed by atoms with E-state index >= 15 is 0 Å². The van der Waals surface area contributed by atoms with Crippen molar-refractivity contribution >= 4 is 21.8 Å². The number of nitrogens with one attached hydrogen (secondary N) is 1. The van der Waals surface area contributed by atoms with Crippen LogP contribution in [0.4, 0.5) is 0 Å². The Kier molecular flexibility index (Phi) is 6.32. The van der Waals surface area contributed by atoms with Crippen LogP contribution in [0.25, 0.3) is 0 Å². The van der Waals surface area contributed by atoms with Crippen molar-refractivity contribution in [1.82, 2.24) is 10.3 Å². The molecule has 0 aliphatic rings. The van der Waals surface area contributed by atoms with E-state index in [9.17, 15) is 4.79 Å². The third kappa shape index (κ3) is 4.76. The minimum Gasteiger partial charge on any atom is -0.299 e. The van der Waals surface area contributed by atoms with Crippen molar-refractivity contribution in [1.29, 1.82) is 0 Å². The molecule has 0 saturated heterocycles. The zero-order valence-corrected chi connectivity index (χ0v) is 12.4. The molecule has 1 rings (SSSR count). The van der Waals surface area contributed by atoms with Crippen molar-refractivity contribution in [3.8, 4) is 0 Å². The second-order valence-corrected chi connectivity index (χ2v) is 5.32.